The molecule has 1 fully saturated rings. The number of amides is 1. The lowest BCUT2D eigenvalue weighted by Gasteiger charge is -2.19. The molecule has 156 valence electrons. The maximum Gasteiger partial charge on any atom is 0.253 e. The van der Waals surface area contributed by atoms with Gasteiger partial charge < -0.3 is 15.3 Å². The van der Waals surface area contributed by atoms with E-state index in [9.17, 15) is 19.6 Å². The second-order valence-electron chi connectivity index (χ2n) is 7.43. The van der Waals surface area contributed by atoms with Crippen molar-refractivity contribution < 1.29 is 14.3 Å². The van der Waals surface area contributed by atoms with Gasteiger partial charge >= 0.3 is 0 Å². The summed E-state index contributed by atoms with van der Waals surface area (Å²) in [4.78, 5) is 23.1. The number of aryl methyl sites for hydroxylation is 1. The zero-order chi connectivity index (χ0) is 22.0. The molecule has 4 rings (SSSR count). The molecule has 1 aliphatic heterocycles. The Morgan fingerprint density at radius 3 is 2.81 bits per heavy atom. The second-order valence-corrected chi connectivity index (χ2v) is 7.43. The Morgan fingerprint density at radius 2 is 2.10 bits per heavy atom. The zero-order valence-electron chi connectivity index (χ0n) is 16.8. The predicted molar refractivity (Wildman–Crippen MR) is 113 cm³/mol. The molecule has 0 aliphatic carbocycles. The lowest BCUT2D eigenvalue weighted by molar-refractivity contribution is 0.0888. The molecule has 1 amide bonds. The Kier molecular flexibility index (Phi) is 5.60. The minimum Gasteiger partial charge on any atom is -0.389 e. The molecule has 2 atom stereocenters. The van der Waals surface area contributed by atoms with Crippen LogP contribution in [0.15, 0.2) is 54.7 Å². The standard InChI is InChI=1S/C23H20FN5O2/c1-14-5-6-16(10-25)22(27-14)29-12-20(21(30)13-29)28-23(31)17-7-8-19(26-11-17)15-3-2-4-18(24)9-15/h2-9,11,20-21,30H,12-13H2,1H3,(H,28,31). The molecule has 31 heavy (non-hydrogen) atoms. The van der Waals surface area contributed by atoms with Crippen molar-refractivity contribution in [1.29, 1.82) is 5.26 Å². The van der Waals surface area contributed by atoms with Crippen LogP contribution >= 0.6 is 0 Å². The van der Waals surface area contributed by atoms with E-state index in [2.05, 4.69) is 21.4 Å². The average molecular weight is 417 g/mol. The van der Waals surface area contributed by atoms with E-state index in [-0.39, 0.29) is 18.3 Å². The van der Waals surface area contributed by atoms with Crippen molar-refractivity contribution in [3.63, 3.8) is 0 Å². The number of β-amino-alcohol motifs (C(OH)–C–C–N with tert-alkyl or cyclic N) is 1. The fraction of sp³-hybridized carbons (Fsp3) is 0.217. The number of nitrogens with zero attached hydrogens (tertiary/aromatic N) is 4. The van der Waals surface area contributed by atoms with Gasteiger partial charge in [0.2, 0.25) is 0 Å². The van der Waals surface area contributed by atoms with E-state index in [1.807, 2.05) is 6.92 Å². The van der Waals surface area contributed by atoms with Gasteiger partial charge in [0.05, 0.1) is 29.0 Å². The topological polar surface area (TPSA) is 102 Å². The molecular weight excluding hydrogens is 397 g/mol. The summed E-state index contributed by atoms with van der Waals surface area (Å²) >= 11 is 0. The Hall–Kier alpha value is -3.83. The van der Waals surface area contributed by atoms with Crippen molar-refractivity contribution >= 4 is 11.7 Å². The first-order valence-electron chi connectivity index (χ1n) is 9.78. The van der Waals surface area contributed by atoms with E-state index in [1.54, 1.807) is 41.3 Å². The fourth-order valence-corrected chi connectivity index (χ4v) is 3.57. The van der Waals surface area contributed by atoms with E-state index < -0.39 is 12.1 Å². The van der Waals surface area contributed by atoms with Crippen LogP contribution in [0.3, 0.4) is 0 Å². The first-order valence-corrected chi connectivity index (χ1v) is 9.78. The first-order chi connectivity index (χ1) is 14.9. The number of aliphatic hydroxyl groups excluding tert-OH is 1. The summed E-state index contributed by atoms with van der Waals surface area (Å²) in [7, 11) is 0. The summed E-state index contributed by atoms with van der Waals surface area (Å²) in [5.74, 6) is -0.232. The van der Waals surface area contributed by atoms with Crippen LogP contribution in [-0.2, 0) is 0 Å². The smallest absolute Gasteiger partial charge is 0.253 e. The van der Waals surface area contributed by atoms with Crippen molar-refractivity contribution in [2.24, 2.45) is 0 Å². The van der Waals surface area contributed by atoms with E-state index in [0.717, 1.165) is 5.69 Å². The summed E-state index contributed by atoms with van der Waals surface area (Å²) < 4.78 is 13.4. The minimum absolute atomic E-state index is 0.257. The maximum atomic E-state index is 13.4. The Balaban J connectivity index is 1.45. The number of nitriles is 1. The summed E-state index contributed by atoms with van der Waals surface area (Å²) in [6.45, 7) is 2.41. The van der Waals surface area contributed by atoms with Gasteiger partial charge in [-0.3, -0.25) is 9.78 Å². The predicted octanol–water partition coefficient (Wildman–Crippen LogP) is 2.44. The number of carbonyl (C=O) groups excluding carboxylic acids is 1. The Labute approximate surface area is 178 Å². The summed E-state index contributed by atoms with van der Waals surface area (Å²) in [6, 6.07) is 14.4. The number of halogens is 1. The molecule has 0 radical (unpaired) electrons. The molecule has 2 aromatic heterocycles. The van der Waals surface area contributed by atoms with Crippen LogP contribution in [-0.4, -0.2) is 46.2 Å². The second kappa shape index (κ2) is 8.50. The molecule has 1 saturated heterocycles. The monoisotopic (exact) mass is 417 g/mol. The van der Waals surface area contributed by atoms with Crippen molar-refractivity contribution in [3.8, 4) is 17.3 Å². The zero-order valence-corrected chi connectivity index (χ0v) is 16.8. The summed E-state index contributed by atoms with van der Waals surface area (Å²) in [5.41, 5.74) is 2.69. The summed E-state index contributed by atoms with van der Waals surface area (Å²) in [5, 5.41) is 22.6. The van der Waals surface area contributed by atoms with Crippen molar-refractivity contribution in [2.45, 2.75) is 19.1 Å². The molecule has 0 bridgehead atoms. The highest BCUT2D eigenvalue weighted by molar-refractivity contribution is 5.94. The number of pyridine rings is 2. The average Bonchev–Trinajstić information content (AvgIpc) is 3.14. The number of hydrogen-bond acceptors (Lipinski definition) is 6. The highest BCUT2D eigenvalue weighted by atomic mass is 19.1. The number of aromatic nitrogens is 2. The van der Waals surface area contributed by atoms with E-state index in [4.69, 9.17) is 0 Å². The van der Waals surface area contributed by atoms with Crippen LogP contribution in [0, 0.1) is 24.1 Å². The molecule has 8 heteroatoms. The number of hydrogen-bond donors (Lipinski definition) is 2. The minimum atomic E-state index is -0.808. The summed E-state index contributed by atoms with van der Waals surface area (Å²) in [6.07, 6.45) is 0.613. The largest absolute Gasteiger partial charge is 0.389 e. The van der Waals surface area contributed by atoms with Crippen molar-refractivity contribution in [2.75, 3.05) is 18.0 Å². The number of anilines is 1. The van der Waals surface area contributed by atoms with Gasteiger partial charge in [-0.1, -0.05) is 12.1 Å². The molecule has 2 N–H and O–H groups in total. The molecule has 0 saturated carbocycles. The first kappa shape index (κ1) is 20.4. The van der Waals surface area contributed by atoms with E-state index in [1.165, 1.54) is 18.3 Å². The lowest BCUT2D eigenvalue weighted by atomic mass is 10.1. The molecule has 0 spiro atoms. The number of nitrogens with one attached hydrogen (secondary N) is 1. The lowest BCUT2D eigenvalue weighted by Crippen LogP contribution is -2.42. The molecule has 1 aliphatic rings. The Bertz CT molecular complexity index is 1160. The van der Waals surface area contributed by atoms with Gasteiger partial charge in [0.25, 0.3) is 5.91 Å². The third-order valence-electron chi connectivity index (χ3n) is 5.19. The van der Waals surface area contributed by atoms with Gasteiger partial charge in [0.15, 0.2) is 0 Å². The van der Waals surface area contributed by atoms with Crippen LogP contribution in [0.1, 0.15) is 21.6 Å². The highest BCUT2D eigenvalue weighted by Crippen LogP contribution is 2.23. The maximum absolute atomic E-state index is 13.4. The molecule has 2 unspecified atom stereocenters. The molecular formula is C23H20FN5O2. The highest BCUT2D eigenvalue weighted by Gasteiger charge is 2.34. The van der Waals surface area contributed by atoms with Crippen LogP contribution in [0.2, 0.25) is 0 Å². The van der Waals surface area contributed by atoms with Gasteiger partial charge in [-0.15, -0.1) is 0 Å². The van der Waals surface area contributed by atoms with Gasteiger partial charge in [-0.2, -0.15) is 5.26 Å². The normalized spacial score (nSPS) is 17.9. The van der Waals surface area contributed by atoms with Crippen molar-refractivity contribution in [3.05, 3.63) is 77.4 Å². The van der Waals surface area contributed by atoms with E-state index in [0.29, 0.717) is 34.7 Å². The Morgan fingerprint density at radius 1 is 1.26 bits per heavy atom. The molecule has 7 nitrogen and oxygen atoms in total. The quantitative estimate of drug-likeness (QED) is 0.676. The van der Waals surface area contributed by atoms with Gasteiger partial charge in [-0.05, 0) is 43.3 Å². The van der Waals surface area contributed by atoms with Gasteiger partial charge in [0, 0.05) is 30.5 Å². The van der Waals surface area contributed by atoms with Crippen molar-refractivity contribution in [1.82, 2.24) is 15.3 Å². The van der Waals surface area contributed by atoms with E-state index >= 15 is 0 Å². The van der Waals surface area contributed by atoms with Crippen LogP contribution < -0.4 is 10.2 Å². The SMILES string of the molecule is Cc1ccc(C#N)c(N2CC(O)C(NC(=O)c3ccc(-c4cccc(F)c4)nc3)C2)n1. The number of carbonyl (C=O) groups is 1. The van der Waals surface area contributed by atoms with Crippen LogP contribution in [0.4, 0.5) is 10.2 Å². The van der Waals surface area contributed by atoms with Crippen LogP contribution in [0.5, 0.6) is 0 Å². The number of aliphatic hydroxyl groups is 1. The third-order valence-corrected chi connectivity index (χ3v) is 5.19. The fourth-order valence-electron chi connectivity index (χ4n) is 3.57. The van der Waals surface area contributed by atoms with Crippen LogP contribution in [0.25, 0.3) is 11.3 Å². The molecule has 1 aromatic carbocycles. The number of benzene rings is 1. The molecule has 3 heterocycles. The third kappa shape index (κ3) is 4.37. The molecule has 3 aromatic rings. The van der Waals surface area contributed by atoms with Gasteiger partial charge in [0.1, 0.15) is 17.7 Å². The number of rotatable bonds is 4. The van der Waals surface area contributed by atoms with Gasteiger partial charge in [-0.25, -0.2) is 9.37 Å².